The first-order valence-electron chi connectivity index (χ1n) is 11.8. The van der Waals surface area contributed by atoms with Gasteiger partial charge < -0.3 is 9.80 Å². The number of hydrogen-bond donors (Lipinski definition) is 1. The molecule has 8 heteroatoms. The largest absolute Gasteiger partial charge is 0.342 e. The van der Waals surface area contributed by atoms with Crippen molar-refractivity contribution in [2.45, 2.75) is 32.6 Å². The van der Waals surface area contributed by atoms with Crippen LogP contribution >= 0.6 is 0 Å². The van der Waals surface area contributed by atoms with E-state index in [0.717, 1.165) is 16.6 Å². The summed E-state index contributed by atoms with van der Waals surface area (Å²) in [5, 5.41) is 19.9. The predicted octanol–water partition coefficient (Wildman–Crippen LogP) is 3.12. The Labute approximate surface area is 198 Å². The van der Waals surface area contributed by atoms with E-state index < -0.39 is 0 Å². The van der Waals surface area contributed by atoms with Gasteiger partial charge in [0.05, 0.1) is 11.6 Å². The first-order valence-corrected chi connectivity index (χ1v) is 11.8. The van der Waals surface area contributed by atoms with Gasteiger partial charge in [-0.2, -0.15) is 20.7 Å². The summed E-state index contributed by atoms with van der Waals surface area (Å²) in [4.78, 5) is 29.9. The number of aromatic nitrogens is 3. The van der Waals surface area contributed by atoms with Crippen LogP contribution in [0.25, 0.3) is 11.0 Å². The number of likely N-dealkylation sites (tertiary alicyclic amines) is 2. The second kappa shape index (κ2) is 8.90. The zero-order chi connectivity index (χ0) is 23.8. The number of amides is 2. The second-order valence-electron chi connectivity index (χ2n) is 9.74. The van der Waals surface area contributed by atoms with E-state index in [1.54, 1.807) is 12.1 Å². The van der Waals surface area contributed by atoms with Gasteiger partial charge in [0.25, 0.3) is 5.91 Å². The average Bonchev–Trinajstić information content (AvgIpc) is 3.56. The van der Waals surface area contributed by atoms with E-state index in [4.69, 9.17) is 0 Å². The van der Waals surface area contributed by atoms with Crippen LogP contribution in [0.1, 0.15) is 53.2 Å². The molecule has 2 saturated heterocycles. The Morgan fingerprint density at radius 1 is 1.03 bits per heavy atom. The number of nitriles is 1. The lowest BCUT2D eigenvalue weighted by Gasteiger charge is -2.22. The lowest BCUT2D eigenvalue weighted by atomic mass is 9.92. The number of carbonyl (C=O) groups is 2. The first-order chi connectivity index (χ1) is 16.4. The van der Waals surface area contributed by atoms with Crippen LogP contribution < -0.4 is 0 Å². The molecule has 2 atom stereocenters. The minimum Gasteiger partial charge on any atom is -0.342 e. The third kappa shape index (κ3) is 4.14. The van der Waals surface area contributed by atoms with E-state index in [-0.39, 0.29) is 11.8 Å². The average molecular weight is 457 g/mol. The van der Waals surface area contributed by atoms with Gasteiger partial charge in [0.2, 0.25) is 5.91 Å². The smallest absolute Gasteiger partial charge is 0.253 e. The molecule has 0 spiro atoms. The molecule has 1 aromatic heterocycles. The van der Waals surface area contributed by atoms with E-state index in [1.165, 1.54) is 0 Å². The maximum atomic E-state index is 13.0. The molecule has 8 nitrogen and oxygen atoms in total. The molecule has 174 valence electrons. The Bertz CT molecular complexity index is 1280. The zero-order valence-corrected chi connectivity index (χ0v) is 19.5. The van der Waals surface area contributed by atoms with Gasteiger partial charge in [-0.3, -0.25) is 9.59 Å². The van der Waals surface area contributed by atoms with Crippen LogP contribution in [0.5, 0.6) is 0 Å². The number of nitrogens with one attached hydrogen (secondary N) is 1. The molecule has 3 aromatic rings. The number of H-pyrrole nitrogens is 1. The molecule has 0 aliphatic carbocycles. The maximum absolute atomic E-state index is 13.0. The van der Waals surface area contributed by atoms with E-state index in [9.17, 15) is 14.9 Å². The molecule has 0 radical (unpaired) electrons. The van der Waals surface area contributed by atoms with E-state index in [1.807, 2.05) is 34.1 Å². The van der Waals surface area contributed by atoms with Crippen molar-refractivity contribution in [3.8, 4) is 6.07 Å². The van der Waals surface area contributed by atoms with Gasteiger partial charge >= 0.3 is 0 Å². The molecular formula is C26H28N6O2. The quantitative estimate of drug-likeness (QED) is 0.635. The standard InChI is InChI=1S/C26H28N6O2/c1-16(2)22-9-17(11-27)3-4-18(22)6-8-25(33)31-12-20-14-32(15-21(20)13-31)26(34)19-5-7-23-24(10-19)29-30-28-23/h3-5,7,9-10,16,20-21H,6,8,12-15H2,1-2H3,(H,28,29,30). The van der Waals surface area contributed by atoms with Gasteiger partial charge in [0.1, 0.15) is 11.0 Å². The molecule has 3 heterocycles. The summed E-state index contributed by atoms with van der Waals surface area (Å²) >= 11 is 0. The topological polar surface area (TPSA) is 106 Å². The summed E-state index contributed by atoms with van der Waals surface area (Å²) in [6.07, 6.45) is 1.14. The number of rotatable bonds is 5. The molecule has 2 amide bonds. The van der Waals surface area contributed by atoms with Crippen molar-refractivity contribution in [1.29, 1.82) is 5.26 Å². The summed E-state index contributed by atoms with van der Waals surface area (Å²) in [7, 11) is 0. The second-order valence-corrected chi connectivity index (χ2v) is 9.74. The van der Waals surface area contributed by atoms with Crippen LogP contribution in [0.4, 0.5) is 0 Å². The molecule has 5 rings (SSSR count). The summed E-state index contributed by atoms with van der Waals surface area (Å²) in [6.45, 7) is 7.00. The van der Waals surface area contributed by atoms with Crippen LogP contribution in [0.2, 0.25) is 0 Å². The molecule has 34 heavy (non-hydrogen) atoms. The Kier molecular flexibility index (Phi) is 5.78. The SMILES string of the molecule is CC(C)c1cc(C#N)ccc1CCC(=O)N1CC2CN(C(=O)c3ccc4n[nH]nc4c3)CC2C1. The molecule has 2 aliphatic rings. The van der Waals surface area contributed by atoms with Gasteiger partial charge in [-0.15, -0.1) is 0 Å². The van der Waals surface area contributed by atoms with Gasteiger partial charge in [-0.05, 0) is 53.8 Å². The molecule has 2 aromatic carbocycles. The number of aryl methyl sites for hydroxylation is 1. The van der Waals surface area contributed by atoms with Gasteiger partial charge in [-0.25, -0.2) is 0 Å². The van der Waals surface area contributed by atoms with Crippen LogP contribution in [0.3, 0.4) is 0 Å². The number of carbonyl (C=O) groups excluding carboxylic acids is 2. The van der Waals surface area contributed by atoms with E-state index >= 15 is 0 Å². The fraction of sp³-hybridized carbons (Fsp3) is 0.423. The molecular weight excluding hydrogens is 428 g/mol. The van der Waals surface area contributed by atoms with Gasteiger partial charge in [-0.1, -0.05) is 19.9 Å². The van der Waals surface area contributed by atoms with Crippen molar-refractivity contribution >= 4 is 22.8 Å². The first kappa shape index (κ1) is 22.1. The Morgan fingerprint density at radius 2 is 1.74 bits per heavy atom. The maximum Gasteiger partial charge on any atom is 0.253 e. The highest BCUT2D eigenvalue weighted by Gasteiger charge is 2.43. The number of hydrogen-bond acceptors (Lipinski definition) is 5. The van der Waals surface area contributed by atoms with Crippen LogP contribution in [0, 0.1) is 23.2 Å². The molecule has 2 aliphatic heterocycles. The van der Waals surface area contributed by atoms with Crippen molar-refractivity contribution in [1.82, 2.24) is 25.2 Å². The normalized spacial score (nSPS) is 19.6. The Balaban J connectivity index is 1.17. The van der Waals surface area contributed by atoms with E-state index in [0.29, 0.717) is 73.4 Å². The molecule has 1 N–H and O–H groups in total. The van der Waals surface area contributed by atoms with Crippen molar-refractivity contribution in [2.24, 2.45) is 11.8 Å². The Morgan fingerprint density at radius 3 is 2.44 bits per heavy atom. The lowest BCUT2D eigenvalue weighted by molar-refractivity contribution is -0.130. The van der Waals surface area contributed by atoms with Crippen molar-refractivity contribution < 1.29 is 9.59 Å². The van der Waals surface area contributed by atoms with Gasteiger partial charge in [0.15, 0.2) is 0 Å². The fourth-order valence-corrected chi connectivity index (χ4v) is 5.35. The number of aromatic amines is 1. The fourth-order valence-electron chi connectivity index (χ4n) is 5.35. The third-order valence-electron chi connectivity index (χ3n) is 7.19. The number of benzene rings is 2. The lowest BCUT2D eigenvalue weighted by Crippen LogP contribution is -2.35. The number of nitrogens with zero attached hydrogens (tertiary/aromatic N) is 5. The summed E-state index contributed by atoms with van der Waals surface area (Å²) < 4.78 is 0. The number of fused-ring (bicyclic) bond motifs is 2. The van der Waals surface area contributed by atoms with Crippen LogP contribution in [-0.2, 0) is 11.2 Å². The summed E-state index contributed by atoms with van der Waals surface area (Å²) in [6, 6.07) is 13.3. The minimum absolute atomic E-state index is 0.0132. The van der Waals surface area contributed by atoms with Crippen molar-refractivity contribution in [3.05, 3.63) is 58.7 Å². The molecule has 0 saturated carbocycles. The van der Waals surface area contributed by atoms with Crippen LogP contribution in [0.15, 0.2) is 36.4 Å². The third-order valence-corrected chi connectivity index (χ3v) is 7.19. The molecule has 2 unspecified atom stereocenters. The Hall–Kier alpha value is -3.73. The van der Waals surface area contributed by atoms with E-state index in [2.05, 4.69) is 35.3 Å². The highest BCUT2D eigenvalue weighted by Crippen LogP contribution is 2.33. The predicted molar refractivity (Wildman–Crippen MR) is 127 cm³/mol. The summed E-state index contributed by atoms with van der Waals surface area (Å²) in [5.74, 6) is 1.13. The van der Waals surface area contributed by atoms with Gasteiger partial charge in [0, 0.05) is 50.0 Å². The monoisotopic (exact) mass is 456 g/mol. The highest BCUT2D eigenvalue weighted by molar-refractivity contribution is 5.97. The van der Waals surface area contributed by atoms with Crippen LogP contribution in [-0.4, -0.2) is 63.2 Å². The molecule has 0 bridgehead atoms. The minimum atomic E-state index is 0.0132. The molecule has 2 fully saturated rings. The highest BCUT2D eigenvalue weighted by atomic mass is 16.2. The zero-order valence-electron chi connectivity index (χ0n) is 19.5. The summed E-state index contributed by atoms with van der Waals surface area (Å²) in [5.41, 5.74) is 4.99. The van der Waals surface area contributed by atoms with Crippen molar-refractivity contribution in [3.63, 3.8) is 0 Å². The van der Waals surface area contributed by atoms with Crippen molar-refractivity contribution in [2.75, 3.05) is 26.2 Å².